The van der Waals surface area contributed by atoms with E-state index in [1.165, 1.54) is 5.56 Å². The molecule has 0 radical (unpaired) electrons. The highest BCUT2D eigenvalue weighted by molar-refractivity contribution is 5.85. The Hall–Kier alpha value is -1.39. The summed E-state index contributed by atoms with van der Waals surface area (Å²) in [6, 6.07) is 10.2. The van der Waals surface area contributed by atoms with Gasteiger partial charge in [0.1, 0.15) is 0 Å². The topological polar surface area (TPSA) is 64.4 Å². The lowest BCUT2D eigenvalue weighted by atomic mass is 9.89. The first-order valence-electron chi connectivity index (χ1n) is 7.22. The van der Waals surface area contributed by atoms with Gasteiger partial charge in [0.25, 0.3) is 0 Å². The zero-order valence-electron chi connectivity index (χ0n) is 12.3. The van der Waals surface area contributed by atoms with Crippen molar-refractivity contribution >= 4 is 5.91 Å². The molecule has 0 aromatic heterocycles. The van der Waals surface area contributed by atoms with Crippen LogP contribution in [0.4, 0.5) is 0 Å². The molecule has 20 heavy (non-hydrogen) atoms. The molecule has 1 aromatic carbocycles. The molecule has 1 aliphatic rings. The van der Waals surface area contributed by atoms with Gasteiger partial charge in [-0.2, -0.15) is 0 Å². The van der Waals surface area contributed by atoms with Crippen LogP contribution in [0.3, 0.4) is 0 Å². The highest BCUT2D eigenvalue weighted by atomic mass is 16.5. The average Bonchev–Trinajstić information content (AvgIpc) is 2.45. The Labute approximate surface area is 120 Å². The Morgan fingerprint density at radius 2 is 2.10 bits per heavy atom. The molecule has 1 saturated heterocycles. The Morgan fingerprint density at radius 3 is 2.75 bits per heavy atom. The van der Waals surface area contributed by atoms with Crippen LogP contribution in [0.15, 0.2) is 30.3 Å². The van der Waals surface area contributed by atoms with Gasteiger partial charge in [0.05, 0.1) is 11.6 Å². The van der Waals surface area contributed by atoms with E-state index in [4.69, 9.17) is 10.5 Å². The van der Waals surface area contributed by atoms with Gasteiger partial charge < -0.3 is 15.8 Å². The van der Waals surface area contributed by atoms with Crippen molar-refractivity contribution in [3.05, 3.63) is 35.9 Å². The van der Waals surface area contributed by atoms with Crippen molar-refractivity contribution in [2.24, 2.45) is 11.7 Å². The van der Waals surface area contributed by atoms with E-state index in [-0.39, 0.29) is 12.0 Å². The highest BCUT2D eigenvalue weighted by Gasteiger charge is 2.29. The van der Waals surface area contributed by atoms with Crippen LogP contribution in [0.2, 0.25) is 0 Å². The van der Waals surface area contributed by atoms with Gasteiger partial charge in [0, 0.05) is 19.1 Å². The number of nitrogens with one attached hydrogen (secondary N) is 1. The molecule has 2 atom stereocenters. The van der Waals surface area contributed by atoms with Gasteiger partial charge in [-0.1, -0.05) is 30.3 Å². The molecule has 1 fully saturated rings. The van der Waals surface area contributed by atoms with E-state index >= 15 is 0 Å². The molecule has 1 heterocycles. The number of rotatable bonds is 4. The third-order valence-corrected chi connectivity index (χ3v) is 3.68. The molecule has 0 bridgehead atoms. The van der Waals surface area contributed by atoms with Crippen molar-refractivity contribution in [1.82, 2.24) is 5.32 Å². The number of hydrogen-bond donors (Lipinski definition) is 2. The number of ether oxygens (including phenoxy) is 1. The largest absolute Gasteiger partial charge is 0.373 e. The highest BCUT2D eigenvalue weighted by Crippen LogP contribution is 2.33. The quantitative estimate of drug-likeness (QED) is 0.884. The summed E-state index contributed by atoms with van der Waals surface area (Å²) in [4.78, 5) is 11.9. The third-order valence-electron chi connectivity index (χ3n) is 3.68. The molecule has 3 N–H and O–H groups in total. The second-order valence-corrected chi connectivity index (χ2v) is 6.04. The molecule has 2 unspecified atom stereocenters. The molecule has 2 rings (SSSR count). The van der Waals surface area contributed by atoms with Crippen LogP contribution in [0.5, 0.6) is 0 Å². The van der Waals surface area contributed by atoms with Crippen molar-refractivity contribution in [2.45, 2.75) is 38.3 Å². The van der Waals surface area contributed by atoms with Gasteiger partial charge in [-0.15, -0.1) is 0 Å². The minimum Gasteiger partial charge on any atom is -0.373 e. The van der Waals surface area contributed by atoms with Gasteiger partial charge in [-0.3, -0.25) is 4.79 Å². The molecular weight excluding hydrogens is 252 g/mol. The van der Waals surface area contributed by atoms with Crippen LogP contribution in [-0.2, 0) is 9.53 Å². The number of amides is 1. The Kier molecular flexibility index (Phi) is 4.78. The van der Waals surface area contributed by atoms with Crippen LogP contribution >= 0.6 is 0 Å². The summed E-state index contributed by atoms with van der Waals surface area (Å²) < 4.78 is 5.91. The fourth-order valence-electron chi connectivity index (χ4n) is 2.52. The molecule has 0 saturated carbocycles. The molecule has 1 amide bonds. The van der Waals surface area contributed by atoms with E-state index in [9.17, 15) is 4.79 Å². The number of carbonyl (C=O) groups is 1. The number of hydrogen-bond acceptors (Lipinski definition) is 3. The SMILES string of the molecule is CC(C)(N)C(=O)NCC1CCCOC1c1ccccc1. The number of benzene rings is 1. The van der Waals surface area contributed by atoms with Crippen molar-refractivity contribution in [3.63, 3.8) is 0 Å². The predicted molar refractivity (Wildman–Crippen MR) is 79.1 cm³/mol. The maximum atomic E-state index is 11.9. The monoisotopic (exact) mass is 276 g/mol. The van der Waals surface area contributed by atoms with E-state index in [0.29, 0.717) is 12.5 Å². The van der Waals surface area contributed by atoms with Gasteiger partial charge in [-0.25, -0.2) is 0 Å². The Balaban J connectivity index is 1.99. The summed E-state index contributed by atoms with van der Waals surface area (Å²) in [7, 11) is 0. The first-order chi connectivity index (χ1) is 9.48. The molecule has 1 aromatic rings. The van der Waals surface area contributed by atoms with Gasteiger partial charge in [0.15, 0.2) is 0 Å². The second kappa shape index (κ2) is 6.37. The van der Waals surface area contributed by atoms with E-state index in [1.807, 2.05) is 18.2 Å². The maximum Gasteiger partial charge on any atom is 0.239 e. The maximum absolute atomic E-state index is 11.9. The second-order valence-electron chi connectivity index (χ2n) is 6.04. The molecular formula is C16H24N2O2. The first kappa shape index (κ1) is 15.0. The van der Waals surface area contributed by atoms with Crippen LogP contribution in [-0.4, -0.2) is 24.6 Å². The van der Waals surface area contributed by atoms with Crippen LogP contribution < -0.4 is 11.1 Å². The zero-order chi connectivity index (χ0) is 14.6. The molecule has 4 heteroatoms. The van der Waals surface area contributed by atoms with E-state index in [2.05, 4.69) is 17.4 Å². The van der Waals surface area contributed by atoms with Crippen molar-refractivity contribution < 1.29 is 9.53 Å². The van der Waals surface area contributed by atoms with Gasteiger partial charge in [0.2, 0.25) is 5.91 Å². The summed E-state index contributed by atoms with van der Waals surface area (Å²) in [6.45, 7) is 4.83. The van der Waals surface area contributed by atoms with E-state index < -0.39 is 5.54 Å². The Bertz CT molecular complexity index is 440. The number of carbonyl (C=O) groups excluding carboxylic acids is 1. The molecule has 4 nitrogen and oxygen atoms in total. The molecule has 0 aliphatic carbocycles. The molecule has 110 valence electrons. The zero-order valence-corrected chi connectivity index (χ0v) is 12.3. The lowest BCUT2D eigenvalue weighted by Crippen LogP contribution is -2.50. The summed E-state index contributed by atoms with van der Waals surface area (Å²) >= 11 is 0. The van der Waals surface area contributed by atoms with Crippen LogP contribution in [0.1, 0.15) is 38.4 Å². The average molecular weight is 276 g/mol. The van der Waals surface area contributed by atoms with Crippen LogP contribution in [0.25, 0.3) is 0 Å². The fourth-order valence-corrected chi connectivity index (χ4v) is 2.52. The van der Waals surface area contributed by atoms with Crippen LogP contribution in [0, 0.1) is 5.92 Å². The van der Waals surface area contributed by atoms with Gasteiger partial charge >= 0.3 is 0 Å². The van der Waals surface area contributed by atoms with Gasteiger partial charge in [-0.05, 0) is 32.3 Å². The minimum absolute atomic E-state index is 0.0612. The summed E-state index contributed by atoms with van der Waals surface area (Å²) in [5.41, 5.74) is 6.14. The fraction of sp³-hybridized carbons (Fsp3) is 0.562. The summed E-state index contributed by atoms with van der Waals surface area (Å²) in [6.07, 6.45) is 2.16. The number of nitrogens with two attached hydrogens (primary N) is 1. The van der Waals surface area contributed by atoms with Crippen molar-refractivity contribution in [2.75, 3.05) is 13.2 Å². The predicted octanol–water partition coefficient (Wildman–Crippen LogP) is 2.01. The standard InChI is InChI=1S/C16H24N2O2/c1-16(2,17)15(19)18-11-13-9-6-10-20-14(13)12-7-4-3-5-8-12/h3-5,7-8,13-14H,6,9-11,17H2,1-2H3,(H,18,19). The molecule has 0 spiro atoms. The first-order valence-corrected chi connectivity index (χ1v) is 7.22. The normalized spacial score (nSPS) is 23.4. The summed E-state index contributed by atoms with van der Waals surface area (Å²) in [5.74, 6) is 0.187. The third kappa shape index (κ3) is 3.81. The lowest BCUT2D eigenvalue weighted by molar-refractivity contribution is -0.126. The Morgan fingerprint density at radius 1 is 1.40 bits per heavy atom. The van der Waals surface area contributed by atoms with E-state index in [1.54, 1.807) is 13.8 Å². The van der Waals surface area contributed by atoms with Crippen molar-refractivity contribution in [1.29, 1.82) is 0 Å². The summed E-state index contributed by atoms with van der Waals surface area (Å²) in [5, 5.41) is 2.95. The van der Waals surface area contributed by atoms with Crippen molar-refractivity contribution in [3.8, 4) is 0 Å². The van der Waals surface area contributed by atoms with E-state index in [0.717, 1.165) is 19.4 Å². The minimum atomic E-state index is -0.836. The smallest absolute Gasteiger partial charge is 0.239 e. The molecule has 1 aliphatic heterocycles. The lowest BCUT2D eigenvalue weighted by Gasteiger charge is -2.33.